The quantitative estimate of drug-likeness (QED) is 0.925. The maximum Gasteiger partial charge on any atom is 0.126 e. The van der Waals surface area contributed by atoms with Gasteiger partial charge in [-0.25, -0.2) is 4.39 Å². The summed E-state index contributed by atoms with van der Waals surface area (Å²) in [7, 11) is 0. The van der Waals surface area contributed by atoms with E-state index in [9.17, 15) is 4.39 Å². The number of nitrogens with zero attached hydrogens (tertiary/aromatic N) is 1. The fourth-order valence-corrected chi connectivity index (χ4v) is 2.72. The molecule has 0 spiro atoms. The van der Waals surface area contributed by atoms with Crippen LogP contribution in [0.3, 0.4) is 0 Å². The molecule has 2 N–H and O–H groups in total. The molecule has 1 aromatic rings. The summed E-state index contributed by atoms with van der Waals surface area (Å²) in [5, 5.41) is 0. The molecular formula is C15H24ClFN2. The number of hydrogen-bond acceptors (Lipinski definition) is 2. The van der Waals surface area contributed by atoms with Gasteiger partial charge in [0.1, 0.15) is 5.82 Å². The van der Waals surface area contributed by atoms with Crippen molar-refractivity contribution in [1.82, 2.24) is 4.90 Å². The van der Waals surface area contributed by atoms with E-state index in [-0.39, 0.29) is 18.2 Å². The van der Waals surface area contributed by atoms with Gasteiger partial charge in [0, 0.05) is 19.1 Å². The van der Waals surface area contributed by atoms with Gasteiger partial charge in [-0.15, -0.1) is 12.4 Å². The number of rotatable bonds is 3. The van der Waals surface area contributed by atoms with Crippen molar-refractivity contribution in [3.63, 3.8) is 0 Å². The van der Waals surface area contributed by atoms with Gasteiger partial charge >= 0.3 is 0 Å². The normalized spacial score (nSPS) is 24.0. The lowest BCUT2D eigenvalue weighted by Gasteiger charge is -2.38. The molecule has 19 heavy (non-hydrogen) atoms. The molecule has 2 rings (SSSR count). The zero-order chi connectivity index (χ0) is 13.1. The van der Waals surface area contributed by atoms with E-state index in [2.05, 4.69) is 11.8 Å². The number of piperidine rings is 1. The molecule has 1 aliphatic rings. The molecule has 1 saturated heterocycles. The Morgan fingerprint density at radius 3 is 2.79 bits per heavy atom. The standard InChI is InChI=1S/C15H23FN2.ClH/c1-11-5-6-18(14(7-11)9-17)10-13-4-3-12(2)15(16)8-13;/h3-4,8,11,14H,5-7,9-10,17H2,1-2H3;1H. The van der Waals surface area contributed by atoms with Crippen molar-refractivity contribution in [3.05, 3.63) is 35.1 Å². The lowest BCUT2D eigenvalue weighted by molar-refractivity contribution is 0.115. The molecular weight excluding hydrogens is 263 g/mol. The van der Waals surface area contributed by atoms with Crippen LogP contribution in [-0.2, 0) is 6.54 Å². The molecule has 1 fully saturated rings. The van der Waals surface area contributed by atoms with E-state index < -0.39 is 0 Å². The summed E-state index contributed by atoms with van der Waals surface area (Å²) in [5.41, 5.74) is 7.60. The van der Waals surface area contributed by atoms with Crippen LogP contribution in [0.25, 0.3) is 0 Å². The molecule has 0 bridgehead atoms. The van der Waals surface area contributed by atoms with Crippen molar-refractivity contribution in [3.8, 4) is 0 Å². The molecule has 1 heterocycles. The number of nitrogens with two attached hydrogens (primary N) is 1. The highest BCUT2D eigenvalue weighted by atomic mass is 35.5. The maximum absolute atomic E-state index is 13.5. The van der Waals surface area contributed by atoms with Gasteiger partial charge < -0.3 is 5.73 Å². The SMILES string of the molecule is Cc1ccc(CN2CCC(C)CC2CN)cc1F.Cl. The summed E-state index contributed by atoms with van der Waals surface area (Å²) in [6, 6.07) is 5.97. The minimum Gasteiger partial charge on any atom is -0.329 e. The molecule has 0 aliphatic carbocycles. The molecule has 2 nitrogen and oxygen atoms in total. The Labute approximate surface area is 121 Å². The molecule has 1 aromatic carbocycles. The van der Waals surface area contributed by atoms with Gasteiger partial charge in [-0.2, -0.15) is 0 Å². The van der Waals surface area contributed by atoms with Gasteiger partial charge in [-0.05, 0) is 49.4 Å². The number of likely N-dealkylation sites (tertiary alicyclic amines) is 1. The topological polar surface area (TPSA) is 29.3 Å². The first-order chi connectivity index (χ1) is 8.60. The molecule has 0 saturated carbocycles. The highest BCUT2D eigenvalue weighted by Gasteiger charge is 2.25. The van der Waals surface area contributed by atoms with Crippen LogP contribution in [0, 0.1) is 18.7 Å². The van der Waals surface area contributed by atoms with Crippen molar-refractivity contribution in [2.75, 3.05) is 13.1 Å². The second-order valence-corrected chi connectivity index (χ2v) is 5.57. The smallest absolute Gasteiger partial charge is 0.126 e. The highest BCUT2D eigenvalue weighted by molar-refractivity contribution is 5.85. The van der Waals surface area contributed by atoms with Crippen LogP contribution >= 0.6 is 12.4 Å². The van der Waals surface area contributed by atoms with Gasteiger partial charge in [0.05, 0.1) is 0 Å². The van der Waals surface area contributed by atoms with E-state index in [4.69, 9.17) is 5.73 Å². The number of halogens is 2. The van der Waals surface area contributed by atoms with Gasteiger partial charge in [-0.3, -0.25) is 4.90 Å². The van der Waals surface area contributed by atoms with Crippen molar-refractivity contribution in [2.45, 2.75) is 39.3 Å². The first-order valence-corrected chi connectivity index (χ1v) is 6.79. The van der Waals surface area contributed by atoms with Crippen LogP contribution in [0.2, 0.25) is 0 Å². The minimum absolute atomic E-state index is 0. The number of aryl methyl sites for hydroxylation is 1. The Morgan fingerprint density at radius 1 is 1.42 bits per heavy atom. The van der Waals surface area contributed by atoms with Crippen LogP contribution in [-0.4, -0.2) is 24.0 Å². The third-order valence-electron chi connectivity index (χ3n) is 3.99. The number of benzene rings is 1. The van der Waals surface area contributed by atoms with Crippen molar-refractivity contribution < 1.29 is 4.39 Å². The van der Waals surface area contributed by atoms with E-state index in [1.165, 1.54) is 6.42 Å². The molecule has 1 aliphatic heterocycles. The fraction of sp³-hybridized carbons (Fsp3) is 0.600. The molecule has 0 amide bonds. The van der Waals surface area contributed by atoms with Crippen molar-refractivity contribution in [2.24, 2.45) is 11.7 Å². The average Bonchev–Trinajstić information content (AvgIpc) is 2.36. The van der Waals surface area contributed by atoms with Gasteiger partial charge in [-0.1, -0.05) is 19.1 Å². The second kappa shape index (κ2) is 7.22. The van der Waals surface area contributed by atoms with E-state index in [0.29, 0.717) is 18.2 Å². The Hall–Kier alpha value is -0.640. The predicted octanol–water partition coefficient (Wildman–Crippen LogP) is 3.12. The fourth-order valence-electron chi connectivity index (χ4n) is 2.72. The Balaban J connectivity index is 0.00000180. The van der Waals surface area contributed by atoms with Gasteiger partial charge in [0.25, 0.3) is 0 Å². The summed E-state index contributed by atoms with van der Waals surface area (Å²) in [6.45, 7) is 6.65. The van der Waals surface area contributed by atoms with E-state index in [1.807, 2.05) is 12.1 Å². The van der Waals surface area contributed by atoms with Gasteiger partial charge in [0.15, 0.2) is 0 Å². The van der Waals surface area contributed by atoms with Crippen LogP contribution in [0.5, 0.6) is 0 Å². The summed E-state index contributed by atoms with van der Waals surface area (Å²) in [4.78, 5) is 2.39. The highest BCUT2D eigenvalue weighted by Crippen LogP contribution is 2.24. The summed E-state index contributed by atoms with van der Waals surface area (Å²) < 4.78 is 13.5. The van der Waals surface area contributed by atoms with E-state index in [0.717, 1.165) is 31.0 Å². The average molecular weight is 287 g/mol. The molecule has 4 heteroatoms. The van der Waals surface area contributed by atoms with Crippen LogP contribution in [0.15, 0.2) is 18.2 Å². The predicted molar refractivity (Wildman–Crippen MR) is 80.0 cm³/mol. The Bertz CT molecular complexity index is 411. The van der Waals surface area contributed by atoms with Crippen LogP contribution < -0.4 is 5.73 Å². The minimum atomic E-state index is -0.109. The van der Waals surface area contributed by atoms with Crippen molar-refractivity contribution >= 4 is 12.4 Å². The summed E-state index contributed by atoms with van der Waals surface area (Å²) >= 11 is 0. The third-order valence-corrected chi connectivity index (χ3v) is 3.99. The Morgan fingerprint density at radius 2 is 2.16 bits per heavy atom. The zero-order valence-electron chi connectivity index (χ0n) is 11.7. The molecule has 0 radical (unpaired) electrons. The first-order valence-electron chi connectivity index (χ1n) is 6.79. The molecule has 2 unspecified atom stereocenters. The summed E-state index contributed by atoms with van der Waals surface area (Å²) in [5.74, 6) is 0.645. The van der Waals surface area contributed by atoms with Crippen LogP contribution in [0.4, 0.5) is 4.39 Å². The lowest BCUT2D eigenvalue weighted by atomic mass is 9.92. The van der Waals surface area contributed by atoms with Gasteiger partial charge in [0.2, 0.25) is 0 Å². The molecule has 2 atom stereocenters. The zero-order valence-corrected chi connectivity index (χ0v) is 12.5. The first kappa shape index (κ1) is 16.4. The Kier molecular flexibility index (Phi) is 6.24. The number of hydrogen-bond donors (Lipinski definition) is 1. The largest absolute Gasteiger partial charge is 0.329 e. The monoisotopic (exact) mass is 286 g/mol. The summed E-state index contributed by atoms with van der Waals surface area (Å²) in [6.07, 6.45) is 2.37. The third kappa shape index (κ3) is 4.16. The molecule has 108 valence electrons. The second-order valence-electron chi connectivity index (χ2n) is 5.57. The van der Waals surface area contributed by atoms with Crippen LogP contribution in [0.1, 0.15) is 30.9 Å². The lowest BCUT2D eigenvalue weighted by Crippen LogP contribution is -2.45. The van der Waals surface area contributed by atoms with E-state index in [1.54, 1.807) is 13.0 Å². The van der Waals surface area contributed by atoms with E-state index >= 15 is 0 Å². The van der Waals surface area contributed by atoms with Crippen molar-refractivity contribution in [1.29, 1.82) is 0 Å². The maximum atomic E-state index is 13.5. The molecule has 0 aromatic heterocycles.